The molecule has 0 aliphatic heterocycles. The van der Waals surface area contributed by atoms with E-state index < -0.39 is 17.6 Å². The van der Waals surface area contributed by atoms with Crippen LogP contribution in [0.2, 0.25) is 0 Å². The summed E-state index contributed by atoms with van der Waals surface area (Å²) in [4.78, 5) is 16.1. The second-order valence-electron chi connectivity index (χ2n) is 6.05. The quantitative estimate of drug-likeness (QED) is 0.673. The van der Waals surface area contributed by atoms with Gasteiger partial charge in [-0.2, -0.15) is 13.2 Å². The molecule has 0 aliphatic rings. The van der Waals surface area contributed by atoms with E-state index in [1.807, 2.05) is 24.3 Å². The van der Waals surface area contributed by atoms with Crippen molar-refractivity contribution in [3.63, 3.8) is 0 Å². The Bertz CT molecular complexity index is 909. The molecule has 1 heterocycles. The maximum atomic E-state index is 12.6. The van der Waals surface area contributed by atoms with Crippen LogP contribution in [0.3, 0.4) is 0 Å². The first-order valence-corrected chi connectivity index (χ1v) is 8.48. The maximum absolute atomic E-state index is 12.6. The van der Waals surface area contributed by atoms with Gasteiger partial charge in [0.1, 0.15) is 12.4 Å². The van der Waals surface area contributed by atoms with Crippen LogP contribution < -0.4 is 10.1 Å². The molecule has 1 aromatic heterocycles. The molecule has 4 nitrogen and oxygen atoms in total. The fraction of sp³-hybridized carbons (Fsp3) is 0.143. The Kier molecular flexibility index (Phi) is 5.93. The van der Waals surface area contributed by atoms with Crippen molar-refractivity contribution in [2.24, 2.45) is 0 Å². The first kappa shape index (κ1) is 19.4. The number of ether oxygens (including phenoxy) is 1. The molecule has 0 radical (unpaired) electrons. The smallest absolute Gasteiger partial charge is 0.416 e. The number of halogens is 3. The van der Waals surface area contributed by atoms with Crippen LogP contribution in [0.1, 0.15) is 27.0 Å². The molecular formula is C21H17F3N2O2. The number of aromatic nitrogens is 1. The molecule has 1 amide bonds. The summed E-state index contributed by atoms with van der Waals surface area (Å²) in [6.07, 6.45) is -1.00. The fourth-order valence-corrected chi connectivity index (χ4v) is 2.45. The van der Waals surface area contributed by atoms with Crippen molar-refractivity contribution in [3.05, 3.63) is 95.3 Å². The van der Waals surface area contributed by atoms with Gasteiger partial charge in [-0.05, 0) is 48.0 Å². The van der Waals surface area contributed by atoms with Gasteiger partial charge in [-0.1, -0.05) is 18.2 Å². The Balaban J connectivity index is 1.51. The minimum absolute atomic E-state index is 0.171. The third-order valence-corrected chi connectivity index (χ3v) is 3.98. The summed E-state index contributed by atoms with van der Waals surface area (Å²) in [5.74, 6) is 0.243. The topological polar surface area (TPSA) is 51.2 Å². The summed E-state index contributed by atoms with van der Waals surface area (Å²) in [5.41, 5.74) is 1.18. The van der Waals surface area contributed by atoms with Crippen LogP contribution >= 0.6 is 0 Å². The van der Waals surface area contributed by atoms with Gasteiger partial charge < -0.3 is 10.1 Å². The minimum Gasteiger partial charge on any atom is -0.489 e. The summed E-state index contributed by atoms with van der Waals surface area (Å²) in [7, 11) is 0. The molecule has 0 saturated heterocycles. The van der Waals surface area contributed by atoms with Crippen molar-refractivity contribution in [2.75, 3.05) is 0 Å². The van der Waals surface area contributed by atoms with Crippen molar-refractivity contribution < 1.29 is 22.7 Å². The molecular weight excluding hydrogens is 369 g/mol. The summed E-state index contributed by atoms with van der Waals surface area (Å²) in [5, 5.41) is 2.68. The second kappa shape index (κ2) is 8.56. The molecule has 144 valence electrons. The normalized spacial score (nSPS) is 11.1. The third-order valence-electron chi connectivity index (χ3n) is 3.98. The molecule has 7 heteroatoms. The monoisotopic (exact) mass is 386 g/mol. The molecule has 0 aliphatic carbocycles. The molecule has 0 saturated carbocycles. The van der Waals surface area contributed by atoms with E-state index in [1.165, 1.54) is 0 Å². The number of carbonyl (C=O) groups excluding carboxylic acids is 1. The van der Waals surface area contributed by atoms with E-state index in [0.717, 1.165) is 35.4 Å². The van der Waals surface area contributed by atoms with Gasteiger partial charge in [0, 0.05) is 30.1 Å². The molecule has 1 N–H and O–H groups in total. The lowest BCUT2D eigenvalue weighted by Crippen LogP contribution is -2.22. The zero-order chi connectivity index (χ0) is 20.0. The van der Waals surface area contributed by atoms with Crippen LogP contribution in [0.4, 0.5) is 13.2 Å². The van der Waals surface area contributed by atoms with Gasteiger partial charge >= 0.3 is 6.18 Å². The number of rotatable bonds is 6. The molecule has 0 spiro atoms. The predicted molar refractivity (Wildman–Crippen MR) is 97.6 cm³/mol. The van der Waals surface area contributed by atoms with Crippen molar-refractivity contribution in [1.82, 2.24) is 10.3 Å². The van der Waals surface area contributed by atoms with E-state index in [0.29, 0.717) is 12.4 Å². The molecule has 0 unspecified atom stereocenters. The number of nitrogens with zero attached hydrogens (tertiary/aromatic N) is 1. The standard InChI is InChI=1S/C21H17F3N2O2/c22-21(23,24)18-7-5-17(6-8-18)20(27)26-13-15-3-9-19(10-4-15)28-14-16-2-1-11-25-12-16/h1-12H,13-14H2,(H,26,27). The summed E-state index contributed by atoms with van der Waals surface area (Å²) in [6, 6.07) is 15.1. The number of hydrogen-bond acceptors (Lipinski definition) is 3. The van der Waals surface area contributed by atoms with Crippen LogP contribution in [0.25, 0.3) is 0 Å². The lowest BCUT2D eigenvalue weighted by atomic mass is 10.1. The molecule has 3 rings (SSSR count). The molecule has 0 atom stereocenters. The highest BCUT2D eigenvalue weighted by Crippen LogP contribution is 2.29. The third kappa shape index (κ3) is 5.33. The summed E-state index contributed by atoms with van der Waals surface area (Å²) < 4.78 is 43.3. The number of pyridine rings is 1. The van der Waals surface area contributed by atoms with Gasteiger partial charge in [0.05, 0.1) is 5.56 Å². The minimum atomic E-state index is -4.42. The van der Waals surface area contributed by atoms with Crippen molar-refractivity contribution in [3.8, 4) is 5.75 Å². The van der Waals surface area contributed by atoms with Crippen LogP contribution in [0.15, 0.2) is 73.1 Å². The highest BCUT2D eigenvalue weighted by Gasteiger charge is 2.30. The van der Waals surface area contributed by atoms with Gasteiger partial charge in [0.2, 0.25) is 0 Å². The van der Waals surface area contributed by atoms with Gasteiger partial charge in [-0.25, -0.2) is 0 Å². The molecule has 2 aromatic carbocycles. The predicted octanol–water partition coefficient (Wildman–Crippen LogP) is 4.61. The van der Waals surface area contributed by atoms with Crippen molar-refractivity contribution in [2.45, 2.75) is 19.3 Å². The Labute approximate surface area is 160 Å². The molecule has 3 aromatic rings. The van der Waals surface area contributed by atoms with E-state index in [1.54, 1.807) is 24.5 Å². The Morgan fingerprint density at radius 3 is 2.29 bits per heavy atom. The zero-order valence-electron chi connectivity index (χ0n) is 14.7. The molecule has 0 bridgehead atoms. The molecule has 0 fully saturated rings. The lowest BCUT2D eigenvalue weighted by molar-refractivity contribution is -0.137. The highest BCUT2D eigenvalue weighted by molar-refractivity contribution is 5.94. The van der Waals surface area contributed by atoms with Gasteiger partial charge in [0.15, 0.2) is 0 Å². The van der Waals surface area contributed by atoms with E-state index in [4.69, 9.17) is 4.74 Å². The van der Waals surface area contributed by atoms with Crippen LogP contribution in [0, 0.1) is 0 Å². The Morgan fingerprint density at radius 2 is 1.68 bits per heavy atom. The van der Waals surface area contributed by atoms with E-state index in [-0.39, 0.29) is 12.1 Å². The maximum Gasteiger partial charge on any atom is 0.416 e. The molecule has 28 heavy (non-hydrogen) atoms. The van der Waals surface area contributed by atoms with Crippen LogP contribution in [-0.4, -0.2) is 10.9 Å². The lowest BCUT2D eigenvalue weighted by Gasteiger charge is -2.09. The Hall–Kier alpha value is -3.35. The highest BCUT2D eigenvalue weighted by atomic mass is 19.4. The van der Waals surface area contributed by atoms with Crippen molar-refractivity contribution in [1.29, 1.82) is 0 Å². The van der Waals surface area contributed by atoms with Gasteiger partial charge in [-0.3, -0.25) is 9.78 Å². The largest absolute Gasteiger partial charge is 0.489 e. The number of amides is 1. The number of carbonyl (C=O) groups is 1. The summed E-state index contributed by atoms with van der Waals surface area (Å²) in [6.45, 7) is 0.653. The second-order valence-corrected chi connectivity index (χ2v) is 6.05. The summed E-state index contributed by atoms with van der Waals surface area (Å²) >= 11 is 0. The number of alkyl halides is 3. The average molecular weight is 386 g/mol. The van der Waals surface area contributed by atoms with Crippen LogP contribution in [-0.2, 0) is 19.3 Å². The van der Waals surface area contributed by atoms with Crippen molar-refractivity contribution >= 4 is 5.91 Å². The van der Waals surface area contributed by atoms with E-state index >= 15 is 0 Å². The number of hydrogen-bond donors (Lipinski definition) is 1. The van der Waals surface area contributed by atoms with Gasteiger partial charge in [0.25, 0.3) is 5.91 Å². The fourth-order valence-electron chi connectivity index (χ4n) is 2.45. The first-order valence-electron chi connectivity index (χ1n) is 8.48. The first-order chi connectivity index (χ1) is 13.4. The number of nitrogens with one attached hydrogen (secondary N) is 1. The average Bonchev–Trinajstić information content (AvgIpc) is 2.71. The zero-order valence-corrected chi connectivity index (χ0v) is 14.7. The SMILES string of the molecule is O=C(NCc1ccc(OCc2cccnc2)cc1)c1ccc(C(F)(F)F)cc1. The Morgan fingerprint density at radius 1 is 0.964 bits per heavy atom. The van der Waals surface area contributed by atoms with E-state index in [2.05, 4.69) is 10.3 Å². The number of benzene rings is 2. The van der Waals surface area contributed by atoms with Crippen LogP contribution in [0.5, 0.6) is 5.75 Å². The van der Waals surface area contributed by atoms with E-state index in [9.17, 15) is 18.0 Å². The van der Waals surface area contributed by atoms with Gasteiger partial charge in [-0.15, -0.1) is 0 Å².